The summed E-state index contributed by atoms with van der Waals surface area (Å²) < 4.78 is 4.64. The first-order chi connectivity index (χ1) is 3.77. The van der Waals surface area contributed by atoms with Crippen molar-refractivity contribution in [3.8, 4) is 0 Å². The average Bonchev–Trinajstić information content (AvgIpc) is 1.66. The van der Waals surface area contributed by atoms with Crippen molar-refractivity contribution in [2.24, 2.45) is 11.5 Å². The molecule has 0 aromatic rings. The molecule has 0 aliphatic rings. The van der Waals surface area contributed by atoms with Gasteiger partial charge in [-0.15, -0.1) is 24.8 Å². The number of ether oxygens (including phenoxy) is 1. The molecule has 0 atom stereocenters. The molecular formula is C4H12Cl2N2O2. The van der Waals surface area contributed by atoms with Crippen molar-refractivity contribution < 1.29 is 9.53 Å². The van der Waals surface area contributed by atoms with Crippen LogP contribution in [0.1, 0.15) is 0 Å². The van der Waals surface area contributed by atoms with Gasteiger partial charge in [-0.1, -0.05) is 0 Å². The Bertz CT molecular complexity index is 81.7. The molecular weight excluding hydrogens is 179 g/mol. The van der Waals surface area contributed by atoms with Gasteiger partial charge in [0.15, 0.2) is 0 Å². The lowest BCUT2D eigenvalue weighted by molar-refractivity contribution is -0.122. The van der Waals surface area contributed by atoms with E-state index in [1.54, 1.807) is 0 Å². The van der Waals surface area contributed by atoms with Gasteiger partial charge >= 0.3 is 0 Å². The number of primary amides is 1. The summed E-state index contributed by atoms with van der Waals surface area (Å²) in [6.07, 6.45) is 0. The molecule has 6 heteroatoms. The molecule has 0 rings (SSSR count). The van der Waals surface area contributed by atoms with Crippen LogP contribution in [0.3, 0.4) is 0 Å². The Balaban J connectivity index is -0.000000245. The van der Waals surface area contributed by atoms with Crippen LogP contribution >= 0.6 is 24.8 Å². The van der Waals surface area contributed by atoms with Crippen molar-refractivity contribution in [2.45, 2.75) is 0 Å². The topological polar surface area (TPSA) is 78.3 Å². The van der Waals surface area contributed by atoms with Crippen LogP contribution in [0.2, 0.25) is 0 Å². The Morgan fingerprint density at radius 1 is 1.40 bits per heavy atom. The third-order valence-corrected chi connectivity index (χ3v) is 0.507. The van der Waals surface area contributed by atoms with E-state index in [0.29, 0.717) is 13.2 Å². The number of carbonyl (C=O) groups excluding carboxylic acids is 1. The highest BCUT2D eigenvalue weighted by atomic mass is 35.5. The fourth-order valence-electron chi connectivity index (χ4n) is 0.256. The highest BCUT2D eigenvalue weighted by Crippen LogP contribution is 1.67. The van der Waals surface area contributed by atoms with Gasteiger partial charge in [0.25, 0.3) is 0 Å². The Kier molecular flexibility index (Phi) is 19.4. The van der Waals surface area contributed by atoms with E-state index in [9.17, 15) is 4.79 Å². The minimum absolute atomic E-state index is 0. The first-order valence-electron chi connectivity index (χ1n) is 2.33. The van der Waals surface area contributed by atoms with Gasteiger partial charge in [0, 0.05) is 6.54 Å². The van der Waals surface area contributed by atoms with Gasteiger partial charge in [-0.05, 0) is 0 Å². The number of amides is 1. The van der Waals surface area contributed by atoms with Crippen LogP contribution in [0, 0.1) is 0 Å². The van der Waals surface area contributed by atoms with E-state index in [2.05, 4.69) is 4.74 Å². The van der Waals surface area contributed by atoms with E-state index in [1.807, 2.05) is 0 Å². The Morgan fingerprint density at radius 3 is 2.20 bits per heavy atom. The van der Waals surface area contributed by atoms with Gasteiger partial charge in [0.2, 0.25) is 5.91 Å². The number of carbonyl (C=O) groups is 1. The molecule has 0 spiro atoms. The molecule has 0 aliphatic carbocycles. The van der Waals surface area contributed by atoms with Gasteiger partial charge in [0.05, 0.1) is 6.61 Å². The first kappa shape index (κ1) is 16.5. The number of halogens is 2. The molecule has 0 fully saturated rings. The van der Waals surface area contributed by atoms with Crippen molar-refractivity contribution in [1.82, 2.24) is 0 Å². The van der Waals surface area contributed by atoms with E-state index in [-0.39, 0.29) is 31.4 Å². The van der Waals surface area contributed by atoms with E-state index in [1.165, 1.54) is 0 Å². The van der Waals surface area contributed by atoms with E-state index < -0.39 is 5.91 Å². The molecule has 0 unspecified atom stereocenters. The summed E-state index contributed by atoms with van der Waals surface area (Å²) in [5.74, 6) is -0.460. The molecule has 0 aromatic carbocycles. The van der Waals surface area contributed by atoms with Crippen molar-refractivity contribution in [3.05, 3.63) is 0 Å². The summed E-state index contributed by atoms with van der Waals surface area (Å²) >= 11 is 0. The fraction of sp³-hybridized carbons (Fsp3) is 0.750. The summed E-state index contributed by atoms with van der Waals surface area (Å²) in [6.45, 7) is 0.785. The lowest BCUT2D eigenvalue weighted by Gasteiger charge is -1.95. The molecule has 0 heterocycles. The molecule has 4 nitrogen and oxygen atoms in total. The largest absolute Gasteiger partial charge is 0.370 e. The van der Waals surface area contributed by atoms with Crippen LogP contribution in [0.15, 0.2) is 0 Å². The normalized spacial score (nSPS) is 7.30. The summed E-state index contributed by atoms with van der Waals surface area (Å²) in [7, 11) is 0. The predicted octanol–water partition coefficient (Wildman–Crippen LogP) is -0.709. The van der Waals surface area contributed by atoms with E-state index >= 15 is 0 Å². The van der Waals surface area contributed by atoms with Gasteiger partial charge in [-0.25, -0.2) is 0 Å². The predicted molar refractivity (Wildman–Crippen MR) is 43.6 cm³/mol. The molecule has 0 aliphatic heterocycles. The molecule has 10 heavy (non-hydrogen) atoms. The number of hydrogen-bond donors (Lipinski definition) is 2. The smallest absolute Gasteiger partial charge is 0.243 e. The minimum atomic E-state index is -0.460. The third-order valence-electron chi connectivity index (χ3n) is 0.507. The van der Waals surface area contributed by atoms with Crippen LogP contribution in [0.5, 0.6) is 0 Å². The second kappa shape index (κ2) is 11.7. The van der Waals surface area contributed by atoms with Crippen molar-refractivity contribution >= 4 is 30.7 Å². The number of hydrogen-bond acceptors (Lipinski definition) is 3. The molecule has 64 valence electrons. The molecule has 0 aromatic heterocycles. The lowest BCUT2D eigenvalue weighted by Crippen LogP contribution is -2.20. The van der Waals surface area contributed by atoms with E-state index in [4.69, 9.17) is 11.5 Å². The minimum Gasteiger partial charge on any atom is -0.370 e. The Hall–Kier alpha value is -0.0300. The third kappa shape index (κ3) is 15.7. The summed E-state index contributed by atoms with van der Waals surface area (Å²) in [5, 5.41) is 0. The van der Waals surface area contributed by atoms with Crippen molar-refractivity contribution in [2.75, 3.05) is 19.8 Å². The number of rotatable bonds is 4. The maximum atomic E-state index is 9.93. The zero-order valence-electron chi connectivity index (χ0n) is 5.41. The van der Waals surface area contributed by atoms with Crippen molar-refractivity contribution in [1.29, 1.82) is 0 Å². The zero-order valence-corrected chi connectivity index (χ0v) is 7.04. The van der Waals surface area contributed by atoms with Gasteiger partial charge in [-0.3, -0.25) is 4.79 Å². The summed E-state index contributed by atoms with van der Waals surface area (Å²) in [6, 6.07) is 0. The maximum absolute atomic E-state index is 9.93. The second-order valence-corrected chi connectivity index (χ2v) is 1.31. The molecule has 4 N–H and O–H groups in total. The first-order valence-corrected chi connectivity index (χ1v) is 2.33. The van der Waals surface area contributed by atoms with Crippen LogP contribution in [-0.2, 0) is 9.53 Å². The van der Waals surface area contributed by atoms with Crippen LogP contribution in [0.4, 0.5) is 0 Å². The van der Waals surface area contributed by atoms with Gasteiger partial charge in [0.1, 0.15) is 6.61 Å². The second-order valence-electron chi connectivity index (χ2n) is 1.31. The number of nitrogens with two attached hydrogens (primary N) is 2. The van der Waals surface area contributed by atoms with Crippen LogP contribution < -0.4 is 11.5 Å². The standard InChI is InChI=1S/C4H10N2O2.2ClH/c5-1-2-8-3-4(6)7;;/h1-3,5H2,(H2,6,7);2*1H. The van der Waals surface area contributed by atoms with Crippen molar-refractivity contribution in [3.63, 3.8) is 0 Å². The SMILES string of the molecule is Cl.Cl.NCCOCC(N)=O. The monoisotopic (exact) mass is 190 g/mol. The quantitative estimate of drug-likeness (QED) is 0.576. The molecule has 0 radical (unpaired) electrons. The lowest BCUT2D eigenvalue weighted by atomic mass is 10.6. The molecule has 0 saturated heterocycles. The summed E-state index contributed by atoms with van der Waals surface area (Å²) in [5.41, 5.74) is 9.77. The Morgan fingerprint density at radius 2 is 1.90 bits per heavy atom. The van der Waals surface area contributed by atoms with Crippen LogP contribution in [-0.4, -0.2) is 25.7 Å². The van der Waals surface area contributed by atoms with Gasteiger partial charge in [-0.2, -0.15) is 0 Å². The van der Waals surface area contributed by atoms with E-state index in [0.717, 1.165) is 0 Å². The summed E-state index contributed by atoms with van der Waals surface area (Å²) in [4.78, 5) is 9.93. The molecule has 0 saturated carbocycles. The average molecular weight is 191 g/mol. The van der Waals surface area contributed by atoms with Crippen LogP contribution in [0.25, 0.3) is 0 Å². The maximum Gasteiger partial charge on any atom is 0.243 e. The highest BCUT2D eigenvalue weighted by molar-refractivity contribution is 5.85. The highest BCUT2D eigenvalue weighted by Gasteiger charge is 1.89. The van der Waals surface area contributed by atoms with Gasteiger partial charge < -0.3 is 16.2 Å². The Labute approximate surface area is 72.1 Å². The molecule has 1 amide bonds. The fourth-order valence-corrected chi connectivity index (χ4v) is 0.256. The molecule has 0 bridgehead atoms. The zero-order chi connectivity index (χ0) is 6.41.